The largest absolute Gasteiger partial charge is 0.390 e. The van der Waals surface area contributed by atoms with Crippen LogP contribution in [-0.4, -0.2) is 39.2 Å². The van der Waals surface area contributed by atoms with Crippen LogP contribution in [0, 0.1) is 12.3 Å². The molecule has 2 aromatic rings. The number of nitrogens with zero attached hydrogens (tertiary/aromatic N) is 4. The Bertz CT molecular complexity index is 837. The molecular formula is C19H25BrClN5O. The Morgan fingerprint density at radius 1 is 1.37 bits per heavy atom. The quantitative estimate of drug-likeness (QED) is 0.685. The predicted molar refractivity (Wildman–Crippen MR) is 112 cm³/mol. The molecule has 0 radical (unpaired) electrons. The number of nitrogens with two attached hydrogens (primary N) is 1. The first-order valence-corrected chi connectivity index (χ1v) is 10.2. The number of halogens is 2. The summed E-state index contributed by atoms with van der Waals surface area (Å²) in [5.74, 6) is 0.745. The fourth-order valence-electron chi connectivity index (χ4n) is 3.44. The summed E-state index contributed by atoms with van der Waals surface area (Å²) in [5.41, 5.74) is 9.03. The van der Waals surface area contributed by atoms with Gasteiger partial charge in [0.15, 0.2) is 5.82 Å². The van der Waals surface area contributed by atoms with E-state index in [-0.39, 0.29) is 18.1 Å². The summed E-state index contributed by atoms with van der Waals surface area (Å²) in [5, 5.41) is 10.4. The molecule has 0 unspecified atom stereocenters. The molecule has 1 atom stereocenters. The van der Waals surface area contributed by atoms with Crippen molar-refractivity contribution < 1.29 is 5.11 Å². The third kappa shape index (κ3) is 3.97. The van der Waals surface area contributed by atoms with Crippen molar-refractivity contribution in [1.29, 1.82) is 0 Å². The Balaban J connectivity index is 1.95. The van der Waals surface area contributed by atoms with Crippen LogP contribution in [0.1, 0.15) is 38.1 Å². The average molecular weight is 455 g/mol. The fourth-order valence-corrected chi connectivity index (χ4v) is 3.98. The lowest BCUT2D eigenvalue weighted by Crippen LogP contribution is -2.47. The van der Waals surface area contributed by atoms with Crippen molar-refractivity contribution in [2.45, 2.75) is 46.3 Å². The van der Waals surface area contributed by atoms with Gasteiger partial charge in [-0.25, -0.2) is 15.0 Å². The van der Waals surface area contributed by atoms with Crippen LogP contribution in [0.25, 0.3) is 11.3 Å². The van der Waals surface area contributed by atoms with E-state index in [2.05, 4.69) is 39.7 Å². The van der Waals surface area contributed by atoms with Crippen molar-refractivity contribution in [1.82, 2.24) is 15.0 Å². The van der Waals surface area contributed by atoms with Crippen LogP contribution in [0.15, 0.2) is 16.9 Å². The molecule has 146 valence electrons. The molecule has 0 amide bonds. The van der Waals surface area contributed by atoms with Crippen molar-refractivity contribution in [2.75, 3.05) is 18.0 Å². The minimum atomic E-state index is -0.180. The molecule has 0 spiro atoms. The topological polar surface area (TPSA) is 88.2 Å². The first kappa shape index (κ1) is 20.5. The Morgan fingerprint density at radius 3 is 2.63 bits per heavy atom. The van der Waals surface area contributed by atoms with Gasteiger partial charge in [0.2, 0.25) is 0 Å². The predicted octanol–water partition coefficient (Wildman–Crippen LogP) is 3.71. The SMILES string of the molecule is Cc1nc(N2CCC(C)([C@@H](C)N)CC2)c(CO)nc1-c1ccnc(Br)c1Cl. The van der Waals surface area contributed by atoms with Gasteiger partial charge in [-0.05, 0) is 54.1 Å². The van der Waals surface area contributed by atoms with Crippen LogP contribution in [-0.2, 0) is 6.61 Å². The third-order valence-corrected chi connectivity index (χ3v) is 6.89. The second kappa shape index (κ2) is 7.99. The van der Waals surface area contributed by atoms with Gasteiger partial charge in [0.25, 0.3) is 0 Å². The number of rotatable bonds is 4. The highest BCUT2D eigenvalue weighted by atomic mass is 79.9. The lowest BCUT2D eigenvalue weighted by Gasteiger charge is -2.42. The Morgan fingerprint density at radius 2 is 2.04 bits per heavy atom. The molecule has 27 heavy (non-hydrogen) atoms. The zero-order valence-electron chi connectivity index (χ0n) is 15.8. The standard InChI is InChI=1S/C19H25BrClN5O/c1-11-16(13-4-7-23-17(20)15(13)21)25-14(10-27)18(24-11)26-8-5-19(3,6-9-26)12(2)22/h4,7,12,27H,5-6,8-10,22H2,1-3H3/t12-/m1/s1. The lowest BCUT2D eigenvalue weighted by molar-refractivity contribution is 0.204. The van der Waals surface area contributed by atoms with E-state index in [1.165, 1.54) is 0 Å². The monoisotopic (exact) mass is 453 g/mol. The molecule has 0 saturated carbocycles. The molecule has 3 N–H and O–H groups in total. The van der Waals surface area contributed by atoms with E-state index in [1.54, 1.807) is 12.3 Å². The van der Waals surface area contributed by atoms with E-state index in [9.17, 15) is 5.11 Å². The minimum Gasteiger partial charge on any atom is -0.390 e. The summed E-state index contributed by atoms with van der Waals surface area (Å²) in [7, 11) is 0. The van der Waals surface area contributed by atoms with Crippen LogP contribution in [0.4, 0.5) is 5.82 Å². The van der Waals surface area contributed by atoms with Crippen molar-refractivity contribution >= 4 is 33.3 Å². The number of hydrogen-bond acceptors (Lipinski definition) is 6. The number of aliphatic hydroxyl groups excluding tert-OH is 1. The van der Waals surface area contributed by atoms with Crippen LogP contribution >= 0.6 is 27.5 Å². The Kier molecular flexibility index (Phi) is 6.05. The van der Waals surface area contributed by atoms with Gasteiger partial charge >= 0.3 is 0 Å². The molecule has 8 heteroatoms. The highest BCUT2D eigenvalue weighted by Gasteiger charge is 2.34. The normalized spacial score (nSPS) is 17.8. The summed E-state index contributed by atoms with van der Waals surface area (Å²) in [6, 6.07) is 1.96. The molecular weight excluding hydrogens is 430 g/mol. The van der Waals surface area contributed by atoms with E-state index in [1.807, 2.05) is 6.92 Å². The maximum atomic E-state index is 9.92. The number of aromatic nitrogens is 3. The molecule has 1 aliphatic heterocycles. The number of aliphatic hydroxyl groups is 1. The Hall–Kier alpha value is -1.28. The van der Waals surface area contributed by atoms with E-state index in [4.69, 9.17) is 27.3 Å². The summed E-state index contributed by atoms with van der Waals surface area (Å²) in [4.78, 5) is 15.8. The molecule has 2 aromatic heterocycles. The fraction of sp³-hybridized carbons (Fsp3) is 0.526. The van der Waals surface area contributed by atoms with Crippen molar-refractivity contribution in [3.8, 4) is 11.3 Å². The first-order chi connectivity index (χ1) is 12.8. The number of anilines is 1. The highest BCUT2D eigenvalue weighted by Crippen LogP contribution is 2.37. The molecule has 0 bridgehead atoms. The second-order valence-corrected chi connectivity index (χ2v) is 8.61. The van der Waals surface area contributed by atoms with E-state index >= 15 is 0 Å². The number of hydrogen-bond donors (Lipinski definition) is 2. The van der Waals surface area contributed by atoms with Gasteiger partial charge in [-0.1, -0.05) is 18.5 Å². The first-order valence-electron chi connectivity index (χ1n) is 9.06. The van der Waals surface area contributed by atoms with Gasteiger partial charge in [-0.2, -0.15) is 0 Å². The van der Waals surface area contributed by atoms with Crippen molar-refractivity contribution in [2.24, 2.45) is 11.1 Å². The summed E-state index contributed by atoms with van der Waals surface area (Å²) in [6.45, 7) is 7.74. The minimum absolute atomic E-state index is 0.134. The molecule has 1 saturated heterocycles. The Labute approximate surface area is 173 Å². The van der Waals surface area contributed by atoms with E-state index in [0.29, 0.717) is 21.0 Å². The van der Waals surface area contributed by atoms with Crippen LogP contribution < -0.4 is 10.6 Å². The highest BCUT2D eigenvalue weighted by molar-refractivity contribution is 9.10. The zero-order chi connectivity index (χ0) is 19.8. The lowest BCUT2D eigenvalue weighted by atomic mass is 9.75. The van der Waals surface area contributed by atoms with Gasteiger partial charge in [0.05, 0.1) is 23.0 Å². The van der Waals surface area contributed by atoms with Crippen molar-refractivity contribution in [3.05, 3.63) is 33.3 Å². The molecule has 1 aliphatic rings. The van der Waals surface area contributed by atoms with Gasteiger partial charge in [-0.15, -0.1) is 0 Å². The molecule has 6 nitrogen and oxygen atoms in total. The van der Waals surface area contributed by atoms with Crippen molar-refractivity contribution in [3.63, 3.8) is 0 Å². The van der Waals surface area contributed by atoms with E-state index < -0.39 is 0 Å². The summed E-state index contributed by atoms with van der Waals surface area (Å²) >= 11 is 9.73. The third-order valence-electron chi connectivity index (χ3n) is 5.68. The van der Waals surface area contributed by atoms with Gasteiger partial charge < -0.3 is 15.7 Å². The zero-order valence-corrected chi connectivity index (χ0v) is 18.2. The van der Waals surface area contributed by atoms with E-state index in [0.717, 1.165) is 43.0 Å². The van der Waals surface area contributed by atoms with Gasteiger partial charge in [0, 0.05) is 30.9 Å². The molecule has 3 heterocycles. The molecule has 3 rings (SSSR count). The molecule has 0 aliphatic carbocycles. The number of aryl methyl sites for hydroxylation is 1. The maximum Gasteiger partial charge on any atom is 0.153 e. The summed E-state index contributed by atoms with van der Waals surface area (Å²) in [6.07, 6.45) is 3.64. The van der Waals surface area contributed by atoms with Crippen LogP contribution in [0.5, 0.6) is 0 Å². The van der Waals surface area contributed by atoms with Crippen LogP contribution in [0.3, 0.4) is 0 Å². The maximum absolute atomic E-state index is 9.92. The molecule has 0 aromatic carbocycles. The summed E-state index contributed by atoms with van der Waals surface area (Å²) < 4.78 is 0.559. The number of pyridine rings is 1. The molecule has 1 fully saturated rings. The smallest absolute Gasteiger partial charge is 0.153 e. The van der Waals surface area contributed by atoms with Crippen LogP contribution in [0.2, 0.25) is 5.02 Å². The average Bonchev–Trinajstić information content (AvgIpc) is 2.64. The van der Waals surface area contributed by atoms with Gasteiger partial charge in [0.1, 0.15) is 10.3 Å². The second-order valence-electron chi connectivity index (χ2n) is 7.48. The van der Waals surface area contributed by atoms with Gasteiger partial charge in [-0.3, -0.25) is 0 Å². The number of piperidine rings is 1.